The van der Waals surface area contributed by atoms with Gasteiger partial charge in [-0.25, -0.2) is 0 Å². The lowest BCUT2D eigenvalue weighted by Gasteiger charge is -2.32. The molecule has 2 N–H and O–H groups in total. The van der Waals surface area contributed by atoms with Gasteiger partial charge in [0.1, 0.15) is 0 Å². The van der Waals surface area contributed by atoms with Crippen molar-refractivity contribution in [2.45, 2.75) is 63.6 Å². The molecule has 160 valence electrons. The molecule has 3 aliphatic rings. The molecule has 2 aromatic rings. The molecule has 1 aromatic heterocycles. The molecule has 2 atom stereocenters. The molecule has 1 aromatic carbocycles. The fraction of sp³-hybridized carbons (Fsp3) is 0.583. The van der Waals surface area contributed by atoms with Crippen molar-refractivity contribution in [1.82, 2.24) is 20.0 Å². The van der Waals surface area contributed by atoms with E-state index in [2.05, 4.69) is 45.2 Å². The van der Waals surface area contributed by atoms with Crippen LogP contribution in [0.3, 0.4) is 0 Å². The molecule has 2 aliphatic carbocycles. The summed E-state index contributed by atoms with van der Waals surface area (Å²) in [5, 5.41) is 17.4. The second kappa shape index (κ2) is 7.50. The van der Waals surface area contributed by atoms with Crippen molar-refractivity contribution in [1.29, 1.82) is 0 Å². The number of amides is 1. The van der Waals surface area contributed by atoms with E-state index in [-0.39, 0.29) is 12.5 Å². The monoisotopic (exact) mass is 408 g/mol. The van der Waals surface area contributed by atoms with Gasteiger partial charge in [-0.15, -0.1) is 0 Å². The molecule has 0 spiro atoms. The predicted molar refractivity (Wildman–Crippen MR) is 115 cm³/mol. The number of likely N-dealkylation sites (tertiary alicyclic amines) is 1. The van der Waals surface area contributed by atoms with Crippen molar-refractivity contribution < 1.29 is 9.90 Å². The minimum absolute atomic E-state index is 0.0905. The van der Waals surface area contributed by atoms with E-state index in [0.717, 1.165) is 44.5 Å². The van der Waals surface area contributed by atoms with E-state index in [0.29, 0.717) is 23.6 Å². The molecule has 1 saturated heterocycles. The Labute approximate surface area is 178 Å². The first-order chi connectivity index (χ1) is 14.4. The van der Waals surface area contributed by atoms with Crippen molar-refractivity contribution in [3.8, 4) is 0 Å². The lowest BCUT2D eigenvalue weighted by atomic mass is 10.0. The van der Waals surface area contributed by atoms with Gasteiger partial charge in [0.05, 0.1) is 18.2 Å². The van der Waals surface area contributed by atoms with Crippen LogP contribution in [0.15, 0.2) is 30.3 Å². The number of rotatable bonds is 6. The number of nitrogens with zero attached hydrogens (tertiary/aromatic N) is 3. The summed E-state index contributed by atoms with van der Waals surface area (Å²) in [6.07, 6.45) is 4.37. The Morgan fingerprint density at radius 3 is 2.67 bits per heavy atom. The third-order valence-corrected chi connectivity index (χ3v) is 7.00. The molecular formula is C24H32N4O2. The Morgan fingerprint density at radius 2 is 1.97 bits per heavy atom. The molecule has 2 heterocycles. The summed E-state index contributed by atoms with van der Waals surface area (Å²) in [6.45, 7) is 6.69. The van der Waals surface area contributed by atoms with Crippen molar-refractivity contribution in [3.63, 3.8) is 0 Å². The van der Waals surface area contributed by atoms with Crippen LogP contribution in [0.5, 0.6) is 0 Å². The smallest absolute Gasteiger partial charge is 0.272 e. The fourth-order valence-corrected chi connectivity index (χ4v) is 5.18. The molecule has 2 fully saturated rings. The highest BCUT2D eigenvalue weighted by Gasteiger charge is 2.50. The van der Waals surface area contributed by atoms with E-state index in [1.165, 1.54) is 17.7 Å². The van der Waals surface area contributed by atoms with Crippen molar-refractivity contribution in [2.75, 3.05) is 19.7 Å². The minimum Gasteiger partial charge on any atom is -0.394 e. The van der Waals surface area contributed by atoms with Crippen LogP contribution < -0.4 is 5.32 Å². The van der Waals surface area contributed by atoms with Gasteiger partial charge in [0.2, 0.25) is 0 Å². The number of fused-ring (bicyclic) bond motifs is 3. The number of piperidine rings is 1. The van der Waals surface area contributed by atoms with Crippen LogP contribution in [0.1, 0.15) is 72.4 Å². The topological polar surface area (TPSA) is 70.4 Å². The summed E-state index contributed by atoms with van der Waals surface area (Å²) in [5.41, 5.74) is 3.80. The van der Waals surface area contributed by atoms with Crippen LogP contribution in [0.4, 0.5) is 0 Å². The molecule has 6 heteroatoms. The highest BCUT2D eigenvalue weighted by atomic mass is 16.3. The Morgan fingerprint density at radius 1 is 1.23 bits per heavy atom. The third kappa shape index (κ3) is 3.67. The van der Waals surface area contributed by atoms with Crippen LogP contribution in [0.25, 0.3) is 0 Å². The molecule has 0 bridgehead atoms. The normalized spacial score (nSPS) is 23.8. The van der Waals surface area contributed by atoms with Gasteiger partial charge in [-0.05, 0) is 51.0 Å². The van der Waals surface area contributed by atoms with E-state index < -0.39 is 5.54 Å². The minimum atomic E-state index is -0.641. The Balaban J connectivity index is 1.31. The number of hydrogen-bond donors (Lipinski definition) is 2. The van der Waals surface area contributed by atoms with Crippen LogP contribution in [-0.2, 0) is 13.0 Å². The number of benzene rings is 1. The van der Waals surface area contributed by atoms with E-state index in [4.69, 9.17) is 5.10 Å². The zero-order valence-electron chi connectivity index (χ0n) is 18.0. The van der Waals surface area contributed by atoms with Gasteiger partial charge in [-0.1, -0.05) is 30.3 Å². The highest BCUT2D eigenvalue weighted by Crippen LogP contribution is 2.57. The van der Waals surface area contributed by atoms with E-state index in [9.17, 15) is 9.90 Å². The zero-order chi connectivity index (χ0) is 20.9. The Kier molecular flexibility index (Phi) is 4.94. The third-order valence-electron chi connectivity index (χ3n) is 7.00. The summed E-state index contributed by atoms with van der Waals surface area (Å²) in [6, 6.07) is 11.0. The van der Waals surface area contributed by atoms with Crippen LogP contribution >= 0.6 is 0 Å². The first-order valence-electron chi connectivity index (χ1n) is 11.3. The standard InChI is InChI=1S/C24H32N4O2/c1-24(2,15-29)25-23(30)21-20-13-17-12-19(17)22(20)28(26-21)18-8-10-27(11-9-18)14-16-6-4-3-5-7-16/h3-7,17-19,29H,8-15H2,1-2H3,(H,25,30)/t17-,19-/m1/s1. The van der Waals surface area contributed by atoms with E-state index in [1.54, 1.807) is 0 Å². The van der Waals surface area contributed by atoms with Gasteiger partial charge in [0.15, 0.2) is 5.69 Å². The SMILES string of the molecule is CC(C)(CO)NC(=O)c1nn(C2CCN(Cc3ccccc3)CC2)c2c1C[C@H]1C[C@@H]21. The molecule has 1 amide bonds. The summed E-state index contributed by atoms with van der Waals surface area (Å²) in [4.78, 5) is 15.5. The van der Waals surface area contributed by atoms with Crippen molar-refractivity contribution >= 4 is 5.91 Å². The average Bonchev–Trinajstić information content (AvgIpc) is 3.24. The van der Waals surface area contributed by atoms with Gasteiger partial charge in [-0.2, -0.15) is 5.10 Å². The van der Waals surface area contributed by atoms with Gasteiger partial charge < -0.3 is 10.4 Å². The van der Waals surface area contributed by atoms with Gasteiger partial charge in [0.25, 0.3) is 5.91 Å². The van der Waals surface area contributed by atoms with Crippen LogP contribution in [-0.4, -0.2) is 50.9 Å². The Hall–Kier alpha value is -2.18. The number of nitrogens with one attached hydrogen (secondary N) is 1. The largest absolute Gasteiger partial charge is 0.394 e. The number of aromatic nitrogens is 2. The van der Waals surface area contributed by atoms with Crippen molar-refractivity contribution in [2.24, 2.45) is 5.92 Å². The number of carbonyl (C=O) groups is 1. The molecule has 5 rings (SSSR count). The first kappa shape index (κ1) is 19.8. The maximum absolute atomic E-state index is 12.9. The maximum atomic E-state index is 12.9. The van der Waals surface area contributed by atoms with Crippen LogP contribution in [0.2, 0.25) is 0 Å². The summed E-state index contributed by atoms with van der Waals surface area (Å²) >= 11 is 0. The zero-order valence-corrected chi connectivity index (χ0v) is 18.0. The summed E-state index contributed by atoms with van der Waals surface area (Å²) in [7, 11) is 0. The fourth-order valence-electron chi connectivity index (χ4n) is 5.18. The van der Waals surface area contributed by atoms with Gasteiger partial charge >= 0.3 is 0 Å². The van der Waals surface area contributed by atoms with Crippen molar-refractivity contribution in [3.05, 3.63) is 52.8 Å². The number of carbonyl (C=O) groups excluding carboxylic acids is 1. The van der Waals surface area contributed by atoms with Gasteiger partial charge in [0, 0.05) is 36.8 Å². The Bertz CT molecular complexity index is 928. The number of aliphatic hydroxyl groups excluding tert-OH is 1. The molecule has 30 heavy (non-hydrogen) atoms. The number of hydrogen-bond acceptors (Lipinski definition) is 4. The lowest BCUT2D eigenvalue weighted by Crippen LogP contribution is -2.46. The maximum Gasteiger partial charge on any atom is 0.272 e. The van der Waals surface area contributed by atoms with E-state index in [1.807, 2.05) is 13.8 Å². The molecular weight excluding hydrogens is 376 g/mol. The second-order valence-electron chi connectivity index (χ2n) is 9.95. The van der Waals surface area contributed by atoms with Gasteiger partial charge in [-0.3, -0.25) is 14.4 Å². The predicted octanol–water partition coefficient (Wildman–Crippen LogP) is 2.88. The molecule has 6 nitrogen and oxygen atoms in total. The van der Waals surface area contributed by atoms with Crippen LogP contribution in [0, 0.1) is 5.92 Å². The summed E-state index contributed by atoms with van der Waals surface area (Å²) < 4.78 is 2.22. The average molecular weight is 409 g/mol. The molecule has 0 radical (unpaired) electrons. The highest BCUT2D eigenvalue weighted by molar-refractivity contribution is 5.95. The molecule has 0 unspecified atom stereocenters. The quantitative estimate of drug-likeness (QED) is 0.771. The molecule has 1 saturated carbocycles. The number of aliphatic hydroxyl groups is 1. The first-order valence-corrected chi connectivity index (χ1v) is 11.3. The lowest BCUT2D eigenvalue weighted by molar-refractivity contribution is 0.0861. The summed E-state index contributed by atoms with van der Waals surface area (Å²) in [5.74, 6) is 1.16. The second-order valence-corrected chi connectivity index (χ2v) is 9.95. The van der Waals surface area contributed by atoms with E-state index >= 15 is 0 Å². The molecule has 1 aliphatic heterocycles.